The highest BCUT2D eigenvalue weighted by Gasteiger charge is 2.25. The first kappa shape index (κ1) is 14.2. The molecule has 4 rings (SSSR count). The molecule has 2 fully saturated rings. The molecule has 0 spiro atoms. The van der Waals surface area contributed by atoms with Crippen molar-refractivity contribution in [1.82, 2.24) is 19.9 Å². The van der Waals surface area contributed by atoms with Crippen LogP contribution in [0.25, 0.3) is 11.2 Å². The van der Waals surface area contributed by atoms with Crippen LogP contribution in [0.15, 0.2) is 18.3 Å². The van der Waals surface area contributed by atoms with E-state index in [1.807, 2.05) is 12.3 Å². The first-order chi connectivity index (χ1) is 10.9. The van der Waals surface area contributed by atoms with Gasteiger partial charge in [0, 0.05) is 31.2 Å². The number of ether oxygens (including phenoxy) is 1. The maximum atomic E-state index is 5.66. The van der Waals surface area contributed by atoms with Gasteiger partial charge in [-0.1, -0.05) is 0 Å². The van der Waals surface area contributed by atoms with Crippen LogP contribution in [-0.4, -0.2) is 40.8 Å². The number of aromatic nitrogens is 3. The molecule has 1 unspecified atom stereocenters. The van der Waals surface area contributed by atoms with Crippen LogP contribution in [0.4, 0.5) is 0 Å². The van der Waals surface area contributed by atoms with E-state index in [1.54, 1.807) is 0 Å². The second-order valence-electron chi connectivity index (χ2n) is 6.53. The van der Waals surface area contributed by atoms with E-state index in [0.717, 1.165) is 44.0 Å². The van der Waals surface area contributed by atoms with Crippen molar-refractivity contribution in [2.24, 2.45) is 5.92 Å². The third kappa shape index (κ3) is 2.75. The Kier molecular flexibility index (Phi) is 4.08. The van der Waals surface area contributed by atoms with Crippen LogP contribution in [0, 0.1) is 5.92 Å². The first-order valence-electron chi connectivity index (χ1n) is 8.51. The Morgan fingerprint density at radius 3 is 3.00 bits per heavy atom. The molecule has 2 aliphatic rings. The molecule has 0 bridgehead atoms. The molecule has 118 valence electrons. The van der Waals surface area contributed by atoms with Crippen molar-refractivity contribution in [2.75, 3.05) is 26.3 Å². The molecule has 2 aromatic rings. The van der Waals surface area contributed by atoms with Crippen molar-refractivity contribution in [2.45, 2.75) is 38.1 Å². The second-order valence-corrected chi connectivity index (χ2v) is 6.53. The van der Waals surface area contributed by atoms with Crippen molar-refractivity contribution in [3.63, 3.8) is 0 Å². The standard InChI is InChI=1S/C17H24N4O/c1-4-15-17(19-7-1)21(11-13-3-2-10-22-12-13)16(20-15)14-5-8-18-9-6-14/h1,4,7,13-14,18H,2-3,5-6,8-12H2. The average molecular weight is 300 g/mol. The highest BCUT2D eigenvalue weighted by molar-refractivity contribution is 5.71. The monoisotopic (exact) mass is 300 g/mol. The summed E-state index contributed by atoms with van der Waals surface area (Å²) in [5.41, 5.74) is 2.08. The Morgan fingerprint density at radius 2 is 2.18 bits per heavy atom. The van der Waals surface area contributed by atoms with Crippen molar-refractivity contribution >= 4 is 11.2 Å². The van der Waals surface area contributed by atoms with E-state index in [9.17, 15) is 0 Å². The number of nitrogens with one attached hydrogen (secondary N) is 1. The van der Waals surface area contributed by atoms with Crippen LogP contribution in [0.1, 0.15) is 37.4 Å². The number of fused-ring (bicyclic) bond motifs is 1. The Morgan fingerprint density at radius 1 is 1.27 bits per heavy atom. The minimum atomic E-state index is 0.556. The van der Waals surface area contributed by atoms with Crippen molar-refractivity contribution < 1.29 is 4.74 Å². The van der Waals surface area contributed by atoms with Crippen LogP contribution in [0.3, 0.4) is 0 Å². The van der Waals surface area contributed by atoms with E-state index >= 15 is 0 Å². The van der Waals surface area contributed by atoms with E-state index in [1.165, 1.54) is 31.5 Å². The third-order valence-electron chi connectivity index (χ3n) is 4.93. The number of hydrogen-bond acceptors (Lipinski definition) is 4. The zero-order valence-electron chi connectivity index (χ0n) is 13.0. The summed E-state index contributed by atoms with van der Waals surface area (Å²) >= 11 is 0. The van der Waals surface area contributed by atoms with Crippen LogP contribution >= 0.6 is 0 Å². The largest absolute Gasteiger partial charge is 0.381 e. The van der Waals surface area contributed by atoms with Gasteiger partial charge >= 0.3 is 0 Å². The van der Waals surface area contributed by atoms with Gasteiger partial charge in [0.15, 0.2) is 5.65 Å². The first-order valence-corrected chi connectivity index (χ1v) is 8.51. The van der Waals surface area contributed by atoms with Crippen molar-refractivity contribution in [3.8, 4) is 0 Å². The molecular weight excluding hydrogens is 276 g/mol. The molecule has 5 heteroatoms. The van der Waals surface area contributed by atoms with Crippen molar-refractivity contribution in [3.05, 3.63) is 24.2 Å². The Labute approximate surface area is 131 Å². The zero-order chi connectivity index (χ0) is 14.8. The molecule has 5 nitrogen and oxygen atoms in total. The summed E-state index contributed by atoms with van der Waals surface area (Å²) in [5.74, 6) is 2.38. The molecule has 4 heterocycles. The van der Waals surface area contributed by atoms with E-state index in [0.29, 0.717) is 11.8 Å². The second kappa shape index (κ2) is 6.34. The summed E-state index contributed by atoms with van der Waals surface area (Å²) in [6.45, 7) is 4.97. The lowest BCUT2D eigenvalue weighted by atomic mass is 9.96. The van der Waals surface area contributed by atoms with Crippen LogP contribution in [0.5, 0.6) is 0 Å². The molecule has 2 aromatic heterocycles. The molecule has 2 aliphatic heterocycles. The molecule has 1 N–H and O–H groups in total. The molecule has 22 heavy (non-hydrogen) atoms. The fourth-order valence-electron chi connectivity index (χ4n) is 3.76. The number of nitrogens with zero attached hydrogens (tertiary/aromatic N) is 3. The van der Waals surface area contributed by atoms with Gasteiger partial charge in [-0.2, -0.15) is 0 Å². The topological polar surface area (TPSA) is 52.0 Å². The van der Waals surface area contributed by atoms with E-state index in [2.05, 4.69) is 20.9 Å². The van der Waals surface area contributed by atoms with Gasteiger partial charge in [0.05, 0.1) is 6.61 Å². The summed E-state index contributed by atoms with van der Waals surface area (Å²) in [4.78, 5) is 9.54. The summed E-state index contributed by atoms with van der Waals surface area (Å²) in [6.07, 6.45) is 6.64. The SMILES string of the molecule is c1cnc2c(c1)nc(C1CCNCC1)n2CC1CCCOC1. The van der Waals surface area contributed by atoms with E-state index in [4.69, 9.17) is 9.72 Å². The smallest absolute Gasteiger partial charge is 0.160 e. The predicted octanol–water partition coefficient (Wildman–Crippen LogP) is 2.32. The molecule has 1 atom stereocenters. The summed E-state index contributed by atoms with van der Waals surface area (Å²) in [7, 11) is 0. The Balaban J connectivity index is 1.69. The predicted molar refractivity (Wildman–Crippen MR) is 85.9 cm³/mol. The van der Waals surface area contributed by atoms with Crippen molar-refractivity contribution in [1.29, 1.82) is 0 Å². The van der Waals surface area contributed by atoms with Gasteiger partial charge in [-0.3, -0.25) is 0 Å². The molecule has 0 saturated carbocycles. The van der Waals surface area contributed by atoms with Gasteiger partial charge in [-0.15, -0.1) is 0 Å². The van der Waals surface area contributed by atoms with Gasteiger partial charge in [0.2, 0.25) is 0 Å². The van der Waals surface area contributed by atoms with E-state index < -0.39 is 0 Å². The minimum absolute atomic E-state index is 0.556. The molecule has 0 radical (unpaired) electrons. The van der Waals surface area contributed by atoms with Gasteiger partial charge in [-0.05, 0) is 50.9 Å². The van der Waals surface area contributed by atoms with Crippen LogP contribution in [0.2, 0.25) is 0 Å². The highest BCUT2D eigenvalue weighted by atomic mass is 16.5. The normalized spacial score (nSPS) is 23.9. The summed E-state index contributed by atoms with van der Waals surface area (Å²) < 4.78 is 8.04. The molecule has 0 aromatic carbocycles. The van der Waals surface area contributed by atoms with E-state index in [-0.39, 0.29) is 0 Å². The van der Waals surface area contributed by atoms with Gasteiger partial charge in [0.1, 0.15) is 11.3 Å². The van der Waals surface area contributed by atoms with Crippen LogP contribution < -0.4 is 5.32 Å². The quantitative estimate of drug-likeness (QED) is 0.945. The number of hydrogen-bond donors (Lipinski definition) is 1. The van der Waals surface area contributed by atoms with Gasteiger partial charge in [-0.25, -0.2) is 9.97 Å². The Bertz CT molecular complexity index is 627. The maximum Gasteiger partial charge on any atom is 0.160 e. The average Bonchev–Trinajstić information content (AvgIpc) is 2.95. The number of imidazole rings is 1. The summed E-state index contributed by atoms with van der Waals surface area (Å²) in [6, 6.07) is 4.07. The molecule has 2 saturated heterocycles. The molecule has 0 aliphatic carbocycles. The fourth-order valence-corrected chi connectivity index (χ4v) is 3.76. The number of rotatable bonds is 3. The van der Waals surface area contributed by atoms with Crippen LogP contribution in [-0.2, 0) is 11.3 Å². The molecular formula is C17H24N4O. The lowest BCUT2D eigenvalue weighted by Gasteiger charge is -2.26. The zero-order valence-corrected chi connectivity index (χ0v) is 13.0. The Hall–Kier alpha value is -1.46. The summed E-state index contributed by atoms with van der Waals surface area (Å²) in [5, 5.41) is 3.45. The highest BCUT2D eigenvalue weighted by Crippen LogP contribution is 2.29. The fraction of sp³-hybridized carbons (Fsp3) is 0.647. The third-order valence-corrected chi connectivity index (χ3v) is 4.93. The number of pyridine rings is 1. The molecule has 0 amide bonds. The lowest BCUT2D eigenvalue weighted by Crippen LogP contribution is -2.29. The lowest BCUT2D eigenvalue weighted by molar-refractivity contribution is 0.0482. The minimum Gasteiger partial charge on any atom is -0.381 e. The number of piperidine rings is 1. The van der Waals surface area contributed by atoms with Gasteiger partial charge in [0.25, 0.3) is 0 Å². The maximum absolute atomic E-state index is 5.66. The van der Waals surface area contributed by atoms with Gasteiger partial charge < -0.3 is 14.6 Å².